The average molecular weight is 273 g/mol. The van der Waals surface area contributed by atoms with Gasteiger partial charge in [-0.05, 0) is 0 Å². The lowest BCUT2D eigenvalue weighted by Gasteiger charge is -2.00. The molecule has 0 rings (SSSR count). The van der Waals surface area contributed by atoms with Gasteiger partial charge in [-0.25, -0.2) is 9.65 Å². The van der Waals surface area contributed by atoms with Crippen LogP contribution in [0.25, 0.3) is 0 Å². The third-order valence-electron chi connectivity index (χ3n) is 0.989. The monoisotopic (exact) mass is 273 g/mol. The normalized spacial score (nSPS) is 10.0. The van der Waals surface area contributed by atoms with E-state index in [2.05, 4.69) is 0 Å². The zero-order chi connectivity index (χ0) is 14.1. The highest BCUT2D eigenvalue weighted by Gasteiger charge is 2.12. The van der Waals surface area contributed by atoms with E-state index in [1.54, 1.807) is 0 Å². The van der Waals surface area contributed by atoms with E-state index in [1.165, 1.54) is 5.09 Å². The topological polar surface area (TPSA) is 181 Å². The molecule has 100 valence electrons. The summed E-state index contributed by atoms with van der Waals surface area (Å²) < 4.78 is 9.86. The van der Waals surface area contributed by atoms with E-state index in [4.69, 9.17) is 25.1 Å². The van der Waals surface area contributed by atoms with Gasteiger partial charge >= 0.3 is 25.7 Å². The SMILES string of the molecule is O=C(O)CCC(=O)O.O=C(O)CNP(=O)(O)O. The number of carboxylic acids is 3. The maximum atomic E-state index is 9.86. The zero-order valence-corrected chi connectivity index (χ0v) is 9.33. The Morgan fingerprint density at radius 3 is 1.35 bits per heavy atom. The van der Waals surface area contributed by atoms with Gasteiger partial charge in [0.25, 0.3) is 0 Å². The molecule has 0 aromatic rings. The van der Waals surface area contributed by atoms with Gasteiger partial charge in [0, 0.05) is 0 Å². The van der Waals surface area contributed by atoms with E-state index in [1.807, 2.05) is 0 Å². The number of hydrogen-bond donors (Lipinski definition) is 6. The molecule has 0 spiro atoms. The first-order chi connectivity index (χ1) is 7.54. The van der Waals surface area contributed by atoms with Crippen molar-refractivity contribution in [2.45, 2.75) is 12.8 Å². The molecule has 11 heteroatoms. The van der Waals surface area contributed by atoms with Crippen molar-refractivity contribution < 1.29 is 44.1 Å². The third-order valence-corrected chi connectivity index (χ3v) is 1.56. The highest BCUT2D eigenvalue weighted by atomic mass is 31.2. The summed E-state index contributed by atoms with van der Waals surface area (Å²) in [7, 11) is -4.35. The Morgan fingerprint density at radius 1 is 0.882 bits per heavy atom. The smallest absolute Gasteiger partial charge is 0.400 e. The van der Waals surface area contributed by atoms with Crippen LogP contribution >= 0.6 is 7.75 Å². The molecule has 0 aliphatic heterocycles. The van der Waals surface area contributed by atoms with Crippen LogP contribution in [0.3, 0.4) is 0 Å². The standard InChI is InChI=1S/C4H6O4.C2H6NO5P/c5-3(6)1-2-4(7)8;4-2(5)1-3-9(6,7)8/h1-2H2,(H,5,6)(H,7,8);1H2,(H,4,5)(H3,3,6,7,8). The molecule has 0 radical (unpaired) electrons. The Morgan fingerprint density at radius 2 is 1.24 bits per heavy atom. The molecule has 0 atom stereocenters. The van der Waals surface area contributed by atoms with Gasteiger partial charge in [0.15, 0.2) is 0 Å². The molecular weight excluding hydrogens is 261 g/mol. The predicted molar refractivity (Wildman–Crippen MR) is 52.2 cm³/mol. The van der Waals surface area contributed by atoms with Crippen LogP contribution in [0.4, 0.5) is 0 Å². The Bertz CT molecular complexity index is 307. The van der Waals surface area contributed by atoms with Crippen LogP contribution in [0.1, 0.15) is 12.8 Å². The van der Waals surface area contributed by atoms with Crippen molar-refractivity contribution in [2.24, 2.45) is 0 Å². The van der Waals surface area contributed by atoms with Crippen molar-refractivity contribution in [1.82, 2.24) is 5.09 Å². The fourth-order valence-corrected chi connectivity index (χ4v) is 0.726. The largest absolute Gasteiger partial charge is 0.481 e. The molecule has 0 bridgehead atoms. The van der Waals surface area contributed by atoms with Crippen molar-refractivity contribution in [2.75, 3.05) is 6.54 Å². The summed E-state index contributed by atoms with van der Waals surface area (Å²) in [6.07, 6.45) is -0.593. The quantitative estimate of drug-likeness (QED) is 0.318. The summed E-state index contributed by atoms with van der Waals surface area (Å²) in [4.78, 5) is 44.9. The second-order valence-corrected chi connectivity index (χ2v) is 3.96. The molecule has 6 N–H and O–H groups in total. The lowest BCUT2D eigenvalue weighted by atomic mass is 10.3. The number of nitrogens with one attached hydrogen (secondary N) is 1. The summed E-state index contributed by atoms with van der Waals surface area (Å²) in [5.41, 5.74) is 0. The summed E-state index contributed by atoms with van der Waals surface area (Å²) in [5.74, 6) is -3.46. The molecule has 0 saturated carbocycles. The maximum Gasteiger partial charge on any atom is 0.400 e. The van der Waals surface area contributed by atoms with Crippen molar-refractivity contribution >= 4 is 25.7 Å². The molecule has 0 heterocycles. The van der Waals surface area contributed by atoms with Crippen LogP contribution in [0.2, 0.25) is 0 Å². The number of aliphatic carboxylic acids is 3. The molecule has 10 nitrogen and oxygen atoms in total. The number of rotatable bonds is 6. The average Bonchev–Trinajstić information content (AvgIpc) is 2.11. The van der Waals surface area contributed by atoms with Gasteiger partial charge in [0.2, 0.25) is 0 Å². The van der Waals surface area contributed by atoms with E-state index in [0.717, 1.165) is 0 Å². The Balaban J connectivity index is 0. The Labute approximate surface area is 95.1 Å². The molecule has 0 aliphatic rings. The summed E-state index contributed by atoms with van der Waals surface area (Å²) in [5, 5.41) is 25.2. The van der Waals surface area contributed by atoms with Gasteiger partial charge in [-0.3, -0.25) is 14.4 Å². The fourth-order valence-electron chi connectivity index (χ4n) is 0.384. The van der Waals surface area contributed by atoms with E-state index in [0.29, 0.717) is 0 Å². The van der Waals surface area contributed by atoms with Crippen molar-refractivity contribution in [1.29, 1.82) is 0 Å². The van der Waals surface area contributed by atoms with Crippen LogP contribution < -0.4 is 5.09 Å². The fraction of sp³-hybridized carbons (Fsp3) is 0.500. The van der Waals surface area contributed by atoms with Crippen molar-refractivity contribution in [3.63, 3.8) is 0 Å². The highest BCUT2D eigenvalue weighted by molar-refractivity contribution is 7.49. The Hall–Kier alpha value is -1.48. The summed E-state index contributed by atoms with van der Waals surface area (Å²) >= 11 is 0. The van der Waals surface area contributed by atoms with Gasteiger partial charge in [-0.2, -0.15) is 0 Å². The van der Waals surface area contributed by atoms with Crippen LogP contribution in [-0.4, -0.2) is 49.6 Å². The van der Waals surface area contributed by atoms with E-state index in [9.17, 15) is 18.9 Å². The Kier molecular flexibility index (Phi) is 9.10. The number of carbonyl (C=O) groups is 3. The maximum absolute atomic E-state index is 9.86. The van der Waals surface area contributed by atoms with Crippen LogP contribution in [0.15, 0.2) is 0 Å². The molecule has 0 unspecified atom stereocenters. The second-order valence-electron chi connectivity index (χ2n) is 2.56. The first kappa shape index (κ1) is 17.9. The van der Waals surface area contributed by atoms with Crippen LogP contribution in [0.5, 0.6) is 0 Å². The zero-order valence-electron chi connectivity index (χ0n) is 8.44. The van der Waals surface area contributed by atoms with Gasteiger partial charge in [-0.1, -0.05) is 0 Å². The van der Waals surface area contributed by atoms with Crippen molar-refractivity contribution in [3.05, 3.63) is 0 Å². The predicted octanol–water partition coefficient (Wildman–Crippen LogP) is -1.31. The molecule has 0 aliphatic carbocycles. The lowest BCUT2D eigenvalue weighted by molar-refractivity contribution is -0.143. The number of hydrogen-bond acceptors (Lipinski definition) is 4. The number of carboxylic acid groups (broad SMARTS) is 3. The summed E-state index contributed by atoms with van der Waals surface area (Å²) in [6, 6.07) is 0. The minimum Gasteiger partial charge on any atom is -0.481 e. The van der Waals surface area contributed by atoms with Crippen LogP contribution in [0, 0.1) is 0 Å². The van der Waals surface area contributed by atoms with E-state index in [-0.39, 0.29) is 12.8 Å². The van der Waals surface area contributed by atoms with E-state index >= 15 is 0 Å². The van der Waals surface area contributed by atoms with Gasteiger partial charge in [0.05, 0.1) is 12.8 Å². The molecular formula is C6H12NO9P. The third kappa shape index (κ3) is 25.1. The van der Waals surface area contributed by atoms with Gasteiger partial charge < -0.3 is 25.1 Å². The molecule has 17 heavy (non-hydrogen) atoms. The minimum absolute atomic E-state index is 0.296. The summed E-state index contributed by atoms with van der Waals surface area (Å²) in [6.45, 7) is -0.732. The molecule has 0 fully saturated rings. The first-order valence-corrected chi connectivity index (χ1v) is 5.62. The molecule has 0 saturated heterocycles. The molecule has 0 aromatic carbocycles. The second kappa shape index (κ2) is 8.65. The van der Waals surface area contributed by atoms with Gasteiger partial charge in [-0.15, -0.1) is 0 Å². The first-order valence-electron chi connectivity index (χ1n) is 4.00. The minimum atomic E-state index is -4.35. The highest BCUT2D eigenvalue weighted by Crippen LogP contribution is 2.26. The van der Waals surface area contributed by atoms with E-state index < -0.39 is 32.2 Å². The van der Waals surface area contributed by atoms with Gasteiger partial charge in [0.1, 0.15) is 6.54 Å². The van der Waals surface area contributed by atoms with Crippen LogP contribution in [-0.2, 0) is 18.9 Å². The lowest BCUT2D eigenvalue weighted by Crippen LogP contribution is -2.19. The molecule has 0 amide bonds. The molecule has 0 aromatic heterocycles. The van der Waals surface area contributed by atoms with Crippen molar-refractivity contribution in [3.8, 4) is 0 Å².